The lowest BCUT2D eigenvalue weighted by Gasteiger charge is -2.21. The third kappa shape index (κ3) is 4.95. The van der Waals surface area contributed by atoms with Crippen molar-refractivity contribution in [1.82, 2.24) is 24.9 Å². The van der Waals surface area contributed by atoms with E-state index in [0.717, 1.165) is 30.1 Å². The first-order valence-electron chi connectivity index (χ1n) is 11.0. The minimum Gasteiger partial charge on any atom is -0.356 e. The second kappa shape index (κ2) is 10.1. The number of aromatic nitrogens is 2. The van der Waals surface area contributed by atoms with Crippen LogP contribution in [0.4, 0.5) is 0 Å². The number of guanidine groups is 1. The molecular weight excluding hydrogens is 416 g/mol. The number of hydrogen-bond acceptors (Lipinski definition) is 4. The predicted molar refractivity (Wildman–Crippen MR) is 127 cm³/mol. The molecule has 1 N–H and O–H groups in total. The summed E-state index contributed by atoms with van der Waals surface area (Å²) in [6.07, 6.45) is 5.41. The Morgan fingerprint density at radius 3 is 2.33 bits per heavy atom. The summed E-state index contributed by atoms with van der Waals surface area (Å²) in [7, 11) is 3.74. The molecule has 8 heteroatoms. The molecule has 2 aromatic carbocycles. The standard InChI is InChI=1S/C25H28N6O2/c1-26-25(29(2)17-19-16-28-31(18-19)20-10-4-3-5-11-20)27-14-8-9-15-30-23(32)21-12-6-7-13-22(21)24(30)33/h3-7,10-13,16,18H,8-9,14-15,17H2,1-2H3,(H,26,27). The Morgan fingerprint density at radius 2 is 1.67 bits per heavy atom. The van der Waals surface area contributed by atoms with Crippen LogP contribution >= 0.6 is 0 Å². The normalized spacial score (nSPS) is 13.4. The molecule has 0 saturated carbocycles. The van der Waals surface area contributed by atoms with Crippen molar-refractivity contribution < 1.29 is 9.59 Å². The summed E-state index contributed by atoms with van der Waals surface area (Å²) in [5.74, 6) is 0.383. The second-order valence-corrected chi connectivity index (χ2v) is 7.97. The third-order valence-corrected chi connectivity index (χ3v) is 5.62. The van der Waals surface area contributed by atoms with E-state index >= 15 is 0 Å². The summed E-state index contributed by atoms with van der Waals surface area (Å²) < 4.78 is 1.86. The molecule has 2 heterocycles. The molecule has 1 aliphatic heterocycles. The van der Waals surface area contributed by atoms with Crippen LogP contribution in [0.2, 0.25) is 0 Å². The summed E-state index contributed by atoms with van der Waals surface area (Å²) in [5.41, 5.74) is 3.10. The van der Waals surface area contributed by atoms with Crippen molar-refractivity contribution in [2.24, 2.45) is 4.99 Å². The number of hydrogen-bond donors (Lipinski definition) is 1. The highest BCUT2D eigenvalue weighted by atomic mass is 16.2. The zero-order valence-corrected chi connectivity index (χ0v) is 18.9. The second-order valence-electron chi connectivity index (χ2n) is 7.97. The molecule has 0 saturated heterocycles. The molecule has 2 amide bonds. The molecule has 1 aliphatic rings. The molecule has 0 aliphatic carbocycles. The minimum atomic E-state index is -0.199. The minimum absolute atomic E-state index is 0.199. The van der Waals surface area contributed by atoms with Gasteiger partial charge in [-0.3, -0.25) is 19.5 Å². The highest BCUT2D eigenvalue weighted by molar-refractivity contribution is 6.21. The molecule has 3 aromatic rings. The number of nitrogens with one attached hydrogen (secondary N) is 1. The molecule has 0 unspecified atom stereocenters. The van der Waals surface area contributed by atoms with Crippen molar-refractivity contribution in [3.63, 3.8) is 0 Å². The first-order chi connectivity index (χ1) is 16.1. The van der Waals surface area contributed by atoms with E-state index in [1.165, 1.54) is 4.90 Å². The van der Waals surface area contributed by atoms with Gasteiger partial charge in [-0.1, -0.05) is 30.3 Å². The van der Waals surface area contributed by atoms with Gasteiger partial charge >= 0.3 is 0 Å². The first-order valence-corrected chi connectivity index (χ1v) is 11.0. The van der Waals surface area contributed by atoms with Gasteiger partial charge in [0.1, 0.15) is 0 Å². The molecule has 0 bridgehead atoms. The molecule has 0 radical (unpaired) electrons. The number of para-hydroxylation sites is 1. The third-order valence-electron chi connectivity index (χ3n) is 5.62. The van der Waals surface area contributed by atoms with E-state index in [-0.39, 0.29) is 11.8 Å². The van der Waals surface area contributed by atoms with Gasteiger partial charge in [0.15, 0.2) is 5.96 Å². The maximum atomic E-state index is 12.4. The fourth-order valence-corrected chi connectivity index (χ4v) is 3.93. The number of rotatable bonds is 8. The summed E-state index contributed by atoms with van der Waals surface area (Å²) in [5, 5.41) is 7.80. The van der Waals surface area contributed by atoms with Gasteiger partial charge in [-0.05, 0) is 37.1 Å². The van der Waals surface area contributed by atoms with Gasteiger partial charge in [0.2, 0.25) is 0 Å². The molecular formula is C25H28N6O2. The van der Waals surface area contributed by atoms with Crippen LogP contribution in [0.5, 0.6) is 0 Å². The van der Waals surface area contributed by atoms with Crippen LogP contribution in [0.3, 0.4) is 0 Å². The van der Waals surface area contributed by atoms with E-state index in [1.807, 2.05) is 59.4 Å². The highest BCUT2D eigenvalue weighted by Crippen LogP contribution is 2.22. The molecule has 0 fully saturated rings. The first kappa shape index (κ1) is 22.3. The average Bonchev–Trinajstić information content (AvgIpc) is 3.40. The fraction of sp³-hybridized carbons (Fsp3) is 0.280. The molecule has 170 valence electrons. The Hall–Kier alpha value is -3.94. The number of carbonyl (C=O) groups is 2. The van der Waals surface area contributed by atoms with Crippen LogP contribution in [0, 0.1) is 0 Å². The van der Waals surface area contributed by atoms with Crippen LogP contribution in [0.15, 0.2) is 72.0 Å². The van der Waals surface area contributed by atoms with E-state index in [1.54, 1.807) is 31.3 Å². The Labute approximate surface area is 193 Å². The maximum absolute atomic E-state index is 12.4. The lowest BCUT2D eigenvalue weighted by Crippen LogP contribution is -2.39. The number of fused-ring (bicyclic) bond motifs is 1. The Kier molecular flexibility index (Phi) is 6.83. The average molecular weight is 445 g/mol. The molecule has 0 spiro atoms. The Morgan fingerprint density at radius 1 is 1.00 bits per heavy atom. The number of imide groups is 1. The SMILES string of the molecule is CN=C(NCCCCN1C(=O)c2ccccc2C1=O)N(C)Cc1cnn(-c2ccccc2)c1. The zero-order chi connectivity index (χ0) is 23.2. The molecule has 1 aromatic heterocycles. The zero-order valence-electron chi connectivity index (χ0n) is 18.9. The summed E-state index contributed by atoms with van der Waals surface area (Å²) in [6, 6.07) is 17.0. The summed E-state index contributed by atoms with van der Waals surface area (Å²) in [6.45, 7) is 1.78. The van der Waals surface area contributed by atoms with Crippen molar-refractivity contribution in [2.75, 3.05) is 27.2 Å². The van der Waals surface area contributed by atoms with Crippen molar-refractivity contribution in [3.8, 4) is 5.69 Å². The van der Waals surface area contributed by atoms with Crippen LogP contribution < -0.4 is 5.32 Å². The highest BCUT2D eigenvalue weighted by Gasteiger charge is 2.34. The van der Waals surface area contributed by atoms with Crippen molar-refractivity contribution >= 4 is 17.8 Å². The lowest BCUT2D eigenvalue weighted by atomic mass is 10.1. The molecule has 33 heavy (non-hydrogen) atoms. The Balaban J connectivity index is 1.22. The van der Waals surface area contributed by atoms with Crippen molar-refractivity contribution in [2.45, 2.75) is 19.4 Å². The lowest BCUT2D eigenvalue weighted by molar-refractivity contribution is 0.0652. The molecule has 8 nitrogen and oxygen atoms in total. The van der Waals surface area contributed by atoms with E-state index in [9.17, 15) is 9.59 Å². The quantitative estimate of drug-likeness (QED) is 0.250. The van der Waals surface area contributed by atoms with Gasteiger partial charge in [0.25, 0.3) is 11.8 Å². The van der Waals surface area contributed by atoms with E-state index in [2.05, 4.69) is 15.4 Å². The van der Waals surface area contributed by atoms with E-state index < -0.39 is 0 Å². The monoisotopic (exact) mass is 444 g/mol. The van der Waals surface area contributed by atoms with Gasteiger partial charge in [-0.15, -0.1) is 0 Å². The number of unbranched alkanes of at least 4 members (excludes halogenated alkanes) is 1. The summed E-state index contributed by atoms with van der Waals surface area (Å²) in [4.78, 5) is 32.6. The van der Waals surface area contributed by atoms with Gasteiger partial charge in [-0.25, -0.2) is 4.68 Å². The largest absolute Gasteiger partial charge is 0.356 e. The van der Waals surface area contributed by atoms with Gasteiger partial charge in [0.05, 0.1) is 23.0 Å². The summed E-state index contributed by atoms with van der Waals surface area (Å²) >= 11 is 0. The molecule has 0 atom stereocenters. The smallest absolute Gasteiger partial charge is 0.261 e. The topological polar surface area (TPSA) is 82.8 Å². The van der Waals surface area contributed by atoms with Crippen LogP contribution in [0.25, 0.3) is 5.69 Å². The van der Waals surface area contributed by atoms with Gasteiger partial charge in [0, 0.05) is 45.5 Å². The Bertz CT molecular complexity index is 1120. The van der Waals surface area contributed by atoms with Crippen molar-refractivity contribution in [3.05, 3.63) is 83.7 Å². The van der Waals surface area contributed by atoms with E-state index in [4.69, 9.17) is 0 Å². The number of nitrogens with zero attached hydrogens (tertiary/aromatic N) is 5. The number of aliphatic imine (C=N–C) groups is 1. The van der Waals surface area contributed by atoms with Gasteiger partial charge in [-0.2, -0.15) is 5.10 Å². The van der Waals surface area contributed by atoms with Crippen LogP contribution in [0.1, 0.15) is 39.1 Å². The fourth-order valence-electron chi connectivity index (χ4n) is 3.93. The maximum Gasteiger partial charge on any atom is 0.261 e. The van der Waals surface area contributed by atoms with Crippen molar-refractivity contribution in [1.29, 1.82) is 0 Å². The number of amides is 2. The molecule has 4 rings (SSSR count). The number of carbonyl (C=O) groups excluding carboxylic acids is 2. The predicted octanol–water partition coefficient (Wildman–Crippen LogP) is 2.96. The van der Waals surface area contributed by atoms with E-state index in [0.29, 0.717) is 30.8 Å². The van der Waals surface area contributed by atoms with Crippen LogP contribution in [-0.2, 0) is 6.54 Å². The number of benzene rings is 2. The van der Waals surface area contributed by atoms with Crippen LogP contribution in [-0.4, -0.2) is 64.5 Å². The van der Waals surface area contributed by atoms with Gasteiger partial charge < -0.3 is 10.2 Å².